The number of thioether (sulfide) groups is 1. The Morgan fingerprint density at radius 1 is 1.36 bits per heavy atom. The summed E-state index contributed by atoms with van der Waals surface area (Å²) in [6, 6.07) is 3.55. The molecule has 10 heteroatoms. The van der Waals surface area contributed by atoms with Crippen molar-refractivity contribution in [2.45, 2.75) is 30.7 Å². The van der Waals surface area contributed by atoms with Crippen molar-refractivity contribution in [1.82, 2.24) is 20.8 Å². The highest BCUT2D eigenvalue weighted by molar-refractivity contribution is 7.99. The summed E-state index contributed by atoms with van der Waals surface area (Å²) in [5.41, 5.74) is 0. The molecule has 134 valence electrons. The van der Waals surface area contributed by atoms with E-state index in [9.17, 15) is 9.59 Å². The number of hydrogen-bond donors (Lipinski definition) is 2. The van der Waals surface area contributed by atoms with Crippen molar-refractivity contribution >= 4 is 34.9 Å². The van der Waals surface area contributed by atoms with E-state index >= 15 is 0 Å². The van der Waals surface area contributed by atoms with Gasteiger partial charge in [0.1, 0.15) is 0 Å². The number of thiophene rings is 1. The van der Waals surface area contributed by atoms with Crippen LogP contribution in [0.5, 0.6) is 0 Å². The van der Waals surface area contributed by atoms with Gasteiger partial charge in [0.15, 0.2) is 0 Å². The molecule has 2 aromatic heterocycles. The van der Waals surface area contributed by atoms with Crippen LogP contribution in [-0.4, -0.2) is 47.0 Å². The molecule has 0 aliphatic carbocycles. The summed E-state index contributed by atoms with van der Waals surface area (Å²) >= 11 is 2.52. The van der Waals surface area contributed by atoms with E-state index in [1.165, 1.54) is 11.3 Å². The average molecular weight is 382 g/mol. The molecule has 0 bridgehead atoms. The van der Waals surface area contributed by atoms with Gasteiger partial charge in [0.05, 0.1) is 23.3 Å². The lowest BCUT2D eigenvalue weighted by Gasteiger charge is -2.09. The Morgan fingerprint density at radius 3 is 3.04 bits per heavy atom. The fourth-order valence-corrected chi connectivity index (χ4v) is 3.48. The third-order valence-corrected chi connectivity index (χ3v) is 5.16. The van der Waals surface area contributed by atoms with E-state index in [4.69, 9.17) is 9.15 Å². The van der Waals surface area contributed by atoms with Crippen LogP contribution in [0.1, 0.15) is 28.4 Å². The highest BCUT2D eigenvalue weighted by Gasteiger charge is 2.17. The summed E-state index contributed by atoms with van der Waals surface area (Å²) in [7, 11) is 0. The molecule has 25 heavy (non-hydrogen) atoms. The van der Waals surface area contributed by atoms with Gasteiger partial charge in [-0.3, -0.25) is 9.59 Å². The first kappa shape index (κ1) is 17.9. The maximum atomic E-state index is 11.8. The van der Waals surface area contributed by atoms with E-state index in [2.05, 4.69) is 20.8 Å². The fraction of sp³-hybridized carbons (Fsp3) is 0.467. The first-order valence-electron chi connectivity index (χ1n) is 7.86. The predicted octanol–water partition coefficient (Wildman–Crippen LogP) is 1.45. The number of rotatable bonds is 8. The highest BCUT2D eigenvalue weighted by atomic mass is 32.2. The van der Waals surface area contributed by atoms with E-state index in [-0.39, 0.29) is 30.2 Å². The number of amides is 2. The molecule has 2 amide bonds. The summed E-state index contributed by atoms with van der Waals surface area (Å²) in [6.07, 6.45) is 2.15. The molecule has 0 radical (unpaired) electrons. The van der Waals surface area contributed by atoms with Crippen molar-refractivity contribution in [3.8, 4) is 0 Å². The van der Waals surface area contributed by atoms with Crippen molar-refractivity contribution < 1.29 is 18.7 Å². The van der Waals surface area contributed by atoms with Crippen LogP contribution in [0.2, 0.25) is 0 Å². The number of carbonyl (C=O) groups is 2. The Kier molecular flexibility index (Phi) is 6.42. The van der Waals surface area contributed by atoms with Gasteiger partial charge in [-0.15, -0.1) is 21.5 Å². The second kappa shape index (κ2) is 8.97. The smallest absolute Gasteiger partial charge is 0.277 e. The minimum absolute atomic E-state index is 0.105. The summed E-state index contributed by atoms with van der Waals surface area (Å²) in [6.45, 7) is 1.45. The first-order chi connectivity index (χ1) is 12.2. The van der Waals surface area contributed by atoms with Gasteiger partial charge in [-0.2, -0.15) is 0 Å². The van der Waals surface area contributed by atoms with Gasteiger partial charge in [-0.25, -0.2) is 0 Å². The van der Waals surface area contributed by atoms with Gasteiger partial charge in [0.25, 0.3) is 11.1 Å². The summed E-state index contributed by atoms with van der Waals surface area (Å²) in [5, 5.41) is 15.4. The normalized spacial score (nSPS) is 16.7. The van der Waals surface area contributed by atoms with Gasteiger partial charge in [0, 0.05) is 13.2 Å². The molecular weight excluding hydrogens is 364 g/mol. The quantitative estimate of drug-likeness (QED) is 0.666. The van der Waals surface area contributed by atoms with E-state index in [1.807, 2.05) is 11.4 Å². The van der Waals surface area contributed by atoms with Crippen LogP contribution >= 0.6 is 23.1 Å². The maximum absolute atomic E-state index is 11.8. The van der Waals surface area contributed by atoms with Crippen LogP contribution in [0, 0.1) is 0 Å². The molecule has 2 N–H and O–H groups in total. The summed E-state index contributed by atoms with van der Waals surface area (Å²) in [4.78, 5) is 24.2. The van der Waals surface area contributed by atoms with Gasteiger partial charge in [-0.1, -0.05) is 17.8 Å². The monoisotopic (exact) mass is 382 g/mol. The molecule has 1 fully saturated rings. The van der Waals surface area contributed by atoms with Gasteiger partial charge in [-0.05, 0) is 24.3 Å². The van der Waals surface area contributed by atoms with Crippen LogP contribution in [0.25, 0.3) is 0 Å². The average Bonchev–Trinajstić information content (AvgIpc) is 3.38. The molecule has 0 unspecified atom stereocenters. The van der Waals surface area contributed by atoms with Crippen molar-refractivity contribution in [1.29, 1.82) is 0 Å². The SMILES string of the molecule is O=C(CSc1nnc(CNC(=O)c2cccs2)o1)NC[C@H]1CCCO1. The molecule has 0 aromatic carbocycles. The molecule has 8 nitrogen and oxygen atoms in total. The lowest BCUT2D eigenvalue weighted by atomic mass is 10.2. The highest BCUT2D eigenvalue weighted by Crippen LogP contribution is 2.16. The third kappa shape index (κ3) is 5.55. The Bertz CT molecular complexity index is 698. The lowest BCUT2D eigenvalue weighted by Crippen LogP contribution is -2.32. The minimum Gasteiger partial charge on any atom is -0.414 e. The summed E-state index contributed by atoms with van der Waals surface area (Å²) in [5.74, 6) is 0.199. The Morgan fingerprint density at radius 2 is 2.28 bits per heavy atom. The van der Waals surface area contributed by atoms with Crippen molar-refractivity contribution in [2.24, 2.45) is 0 Å². The molecule has 0 spiro atoms. The fourth-order valence-electron chi connectivity index (χ4n) is 2.23. The third-order valence-electron chi connectivity index (χ3n) is 3.47. The zero-order valence-corrected chi connectivity index (χ0v) is 15.0. The molecule has 3 heterocycles. The molecule has 2 aromatic rings. The molecule has 3 rings (SSSR count). The van der Waals surface area contributed by atoms with E-state index < -0.39 is 0 Å². The van der Waals surface area contributed by atoms with E-state index in [1.54, 1.807) is 6.07 Å². The predicted molar refractivity (Wildman–Crippen MR) is 92.5 cm³/mol. The van der Waals surface area contributed by atoms with Gasteiger partial charge >= 0.3 is 0 Å². The Hall–Kier alpha value is -1.91. The maximum Gasteiger partial charge on any atom is 0.277 e. The number of carbonyl (C=O) groups excluding carboxylic acids is 2. The van der Waals surface area contributed by atoms with Crippen molar-refractivity contribution in [2.75, 3.05) is 18.9 Å². The van der Waals surface area contributed by atoms with Gasteiger partial charge in [0.2, 0.25) is 11.8 Å². The number of aromatic nitrogens is 2. The minimum atomic E-state index is -0.184. The van der Waals surface area contributed by atoms with Crippen LogP contribution in [0.15, 0.2) is 27.2 Å². The number of hydrogen-bond acceptors (Lipinski definition) is 8. The Balaban J connectivity index is 1.36. The molecule has 1 aliphatic rings. The topological polar surface area (TPSA) is 106 Å². The number of nitrogens with zero attached hydrogens (tertiary/aromatic N) is 2. The molecular formula is C15H18N4O4S2. The standard InChI is InChI=1S/C15H18N4O4S2/c20-12(16-7-10-3-1-5-22-10)9-25-15-19-18-13(23-15)8-17-14(21)11-4-2-6-24-11/h2,4,6,10H,1,3,5,7-9H2,(H,16,20)(H,17,21)/t10-/m1/s1. The van der Waals surface area contributed by atoms with E-state index in [0.29, 0.717) is 22.5 Å². The molecule has 0 saturated carbocycles. The van der Waals surface area contributed by atoms with Crippen LogP contribution in [0.4, 0.5) is 0 Å². The van der Waals surface area contributed by atoms with Crippen molar-refractivity contribution in [3.63, 3.8) is 0 Å². The first-order valence-corrected chi connectivity index (χ1v) is 9.72. The number of ether oxygens (including phenoxy) is 1. The molecule has 1 saturated heterocycles. The zero-order chi connectivity index (χ0) is 17.5. The van der Waals surface area contributed by atoms with Crippen LogP contribution in [0.3, 0.4) is 0 Å². The lowest BCUT2D eigenvalue weighted by molar-refractivity contribution is -0.119. The van der Waals surface area contributed by atoms with Crippen LogP contribution in [-0.2, 0) is 16.1 Å². The Labute approximate surface area is 152 Å². The molecule has 1 atom stereocenters. The molecule has 1 aliphatic heterocycles. The van der Waals surface area contributed by atoms with Gasteiger partial charge < -0.3 is 19.8 Å². The second-order valence-electron chi connectivity index (χ2n) is 5.35. The van der Waals surface area contributed by atoms with Crippen molar-refractivity contribution in [3.05, 3.63) is 28.3 Å². The van der Waals surface area contributed by atoms with Crippen LogP contribution < -0.4 is 10.6 Å². The number of nitrogens with one attached hydrogen (secondary N) is 2. The largest absolute Gasteiger partial charge is 0.414 e. The van der Waals surface area contributed by atoms with E-state index in [0.717, 1.165) is 31.2 Å². The second-order valence-corrected chi connectivity index (χ2v) is 7.22. The summed E-state index contributed by atoms with van der Waals surface area (Å²) < 4.78 is 10.9. The zero-order valence-electron chi connectivity index (χ0n) is 13.4.